The fourth-order valence-corrected chi connectivity index (χ4v) is 10.5. The molecule has 278 valence electrons. The first-order chi connectivity index (χ1) is 22.5. The Bertz CT molecular complexity index is 1390. The summed E-state index contributed by atoms with van der Waals surface area (Å²) >= 11 is 0. The fourth-order valence-electron chi connectivity index (χ4n) is 8.91. The molecule has 3 saturated carbocycles. The molecule has 0 aromatic heterocycles. The van der Waals surface area contributed by atoms with Gasteiger partial charge in [0.2, 0.25) is 11.7 Å². The van der Waals surface area contributed by atoms with Crippen molar-refractivity contribution in [3.63, 3.8) is 0 Å². The molecule has 0 bridgehead atoms. The molecule has 1 unspecified atom stereocenters. The summed E-state index contributed by atoms with van der Waals surface area (Å²) in [6, 6.07) is -0.676. The molecule has 1 amide bonds. The van der Waals surface area contributed by atoms with E-state index in [0.29, 0.717) is 31.7 Å². The second kappa shape index (κ2) is 14.6. The molecule has 1 heterocycles. The fraction of sp³-hybridized carbons (Fsp3) is 0.875. The number of Topliss-reactive ketones (excluding diaryl/α,β-unsaturated/α-hetero) is 4. The molecule has 0 radical (unpaired) electrons. The van der Waals surface area contributed by atoms with Gasteiger partial charge in [0.25, 0.3) is 0 Å². The molecule has 4 aliphatic rings. The standard InChI is InChI=1S/C40H65NO7S/c1-10-11-15-27(35(45)32(44)20-26-16-17-26)21-31(43)34-33-30(39(33,8)9)24-41(34)36(46)29(37(2,3)4)22-28(42)23-40(18-13-12-14-19-40)25-49(47,48)38(5,6)7/h26-27,29-30,33-34H,10-25H2,1-9H3/t27-,29-,30+,33?,34-/m1/s1. The Labute approximate surface area is 296 Å². The number of hydrogen-bond donors (Lipinski definition) is 0. The van der Waals surface area contributed by atoms with Gasteiger partial charge in [0, 0.05) is 44.1 Å². The molecule has 0 spiro atoms. The van der Waals surface area contributed by atoms with E-state index >= 15 is 0 Å². The van der Waals surface area contributed by atoms with Gasteiger partial charge in [0.1, 0.15) is 5.78 Å². The zero-order valence-electron chi connectivity index (χ0n) is 32.0. The Balaban J connectivity index is 1.54. The lowest BCUT2D eigenvalue weighted by Gasteiger charge is -2.40. The molecule has 1 aliphatic heterocycles. The van der Waals surface area contributed by atoms with Crippen molar-refractivity contribution in [2.24, 2.45) is 45.8 Å². The van der Waals surface area contributed by atoms with Crippen LogP contribution in [0.4, 0.5) is 0 Å². The van der Waals surface area contributed by atoms with E-state index < -0.39 is 49.1 Å². The normalized spacial score (nSPS) is 26.1. The van der Waals surface area contributed by atoms with Gasteiger partial charge in [0.05, 0.1) is 16.5 Å². The van der Waals surface area contributed by atoms with Crippen LogP contribution in [0.1, 0.15) is 152 Å². The van der Waals surface area contributed by atoms with Crippen molar-refractivity contribution in [2.45, 2.75) is 163 Å². The highest BCUT2D eigenvalue weighted by Gasteiger charge is 2.69. The van der Waals surface area contributed by atoms with Gasteiger partial charge < -0.3 is 4.90 Å². The Kier molecular flexibility index (Phi) is 11.9. The first-order valence-electron chi connectivity index (χ1n) is 19.2. The SMILES string of the molecule is CCCC[C@H](CC(=O)[C@@H]1C2[C@H](CN1C(=O)[C@@H](CC(=O)CC1(CS(=O)(=O)C(C)(C)C)CCCCC1)C(C)(C)C)C2(C)C)C(=O)C(=O)CC1CC1. The molecule has 0 aromatic rings. The van der Waals surface area contributed by atoms with Gasteiger partial charge in [0.15, 0.2) is 21.4 Å². The van der Waals surface area contributed by atoms with Crippen molar-refractivity contribution in [1.29, 1.82) is 0 Å². The summed E-state index contributed by atoms with van der Waals surface area (Å²) in [6.45, 7) is 17.7. The molecule has 8 nitrogen and oxygen atoms in total. The van der Waals surface area contributed by atoms with E-state index in [-0.39, 0.29) is 71.9 Å². The third-order valence-electron chi connectivity index (χ3n) is 12.7. The molecule has 4 rings (SSSR count). The average Bonchev–Trinajstić information content (AvgIpc) is 3.83. The van der Waals surface area contributed by atoms with Crippen LogP contribution in [0.3, 0.4) is 0 Å². The third-order valence-corrected chi connectivity index (χ3v) is 15.5. The number of rotatable bonds is 17. The summed E-state index contributed by atoms with van der Waals surface area (Å²) in [5, 5.41) is 0. The summed E-state index contributed by atoms with van der Waals surface area (Å²) in [6.07, 6.45) is 8.58. The quantitative estimate of drug-likeness (QED) is 0.145. The second-order valence-electron chi connectivity index (χ2n) is 19.1. The summed E-state index contributed by atoms with van der Waals surface area (Å²) < 4.78 is 25.8. The number of amides is 1. The van der Waals surface area contributed by atoms with Crippen LogP contribution in [0.5, 0.6) is 0 Å². The number of fused-ring (bicyclic) bond motifs is 1. The van der Waals surface area contributed by atoms with E-state index in [4.69, 9.17) is 0 Å². The lowest BCUT2D eigenvalue weighted by Crippen LogP contribution is -2.51. The van der Waals surface area contributed by atoms with Gasteiger partial charge >= 0.3 is 0 Å². The summed E-state index contributed by atoms with van der Waals surface area (Å²) in [5.74, 6) is -2.15. The van der Waals surface area contributed by atoms with Crippen molar-refractivity contribution in [3.05, 3.63) is 0 Å². The Morgan fingerprint density at radius 3 is 2.04 bits per heavy atom. The predicted octanol–water partition coefficient (Wildman–Crippen LogP) is 7.35. The van der Waals surface area contributed by atoms with Crippen molar-refractivity contribution in [3.8, 4) is 0 Å². The molecule has 1 saturated heterocycles. The molecule has 0 aromatic carbocycles. The number of ketones is 4. The van der Waals surface area contributed by atoms with Crippen molar-refractivity contribution in [2.75, 3.05) is 12.3 Å². The van der Waals surface area contributed by atoms with E-state index in [9.17, 15) is 32.4 Å². The summed E-state index contributed by atoms with van der Waals surface area (Å²) in [7, 11) is -3.46. The number of piperidine rings is 1. The molecule has 4 fully saturated rings. The maximum Gasteiger partial charge on any atom is 0.227 e. The van der Waals surface area contributed by atoms with Crippen LogP contribution in [0.25, 0.3) is 0 Å². The van der Waals surface area contributed by atoms with Gasteiger partial charge in [-0.15, -0.1) is 0 Å². The van der Waals surface area contributed by atoms with Crippen LogP contribution in [0, 0.1) is 45.8 Å². The second-order valence-corrected chi connectivity index (χ2v) is 21.8. The molecule has 0 N–H and O–H groups in total. The predicted molar refractivity (Wildman–Crippen MR) is 192 cm³/mol. The van der Waals surface area contributed by atoms with Crippen LogP contribution in [0.2, 0.25) is 0 Å². The minimum Gasteiger partial charge on any atom is -0.332 e. The smallest absolute Gasteiger partial charge is 0.227 e. The van der Waals surface area contributed by atoms with Gasteiger partial charge in [-0.25, -0.2) is 8.42 Å². The number of nitrogens with zero attached hydrogens (tertiary/aromatic N) is 1. The first kappa shape index (κ1) is 39.9. The number of likely N-dealkylation sites (tertiary alicyclic amines) is 1. The Morgan fingerprint density at radius 1 is 0.898 bits per heavy atom. The van der Waals surface area contributed by atoms with Gasteiger partial charge in [-0.05, 0) is 86.9 Å². The number of unbranched alkanes of at least 4 members (excludes halogenated alkanes) is 1. The lowest BCUT2D eigenvalue weighted by molar-refractivity contribution is -0.148. The Hall–Kier alpha value is -1.90. The highest BCUT2D eigenvalue weighted by Crippen LogP contribution is 2.65. The van der Waals surface area contributed by atoms with Crippen molar-refractivity contribution < 1.29 is 32.4 Å². The zero-order valence-corrected chi connectivity index (χ0v) is 32.8. The Morgan fingerprint density at radius 2 is 1.51 bits per heavy atom. The number of sulfone groups is 1. The number of carbonyl (C=O) groups is 5. The maximum atomic E-state index is 14.6. The summed E-state index contributed by atoms with van der Waals surface area (Å²) in [5.41, 5.74) is -1.31. The molecule has 49 heavy (non-hydrogen) atoms. The molecule has 3 aliphatic carbocycles. The lowest BCUT2D eigenvalue weighted by atomic mass is 9.70. The molecule has 5 atom stereocenters. The minimum absolute atomic E-state index is 0.00304. The van der Waals surface area contributed by atoms with E-state index in [2.05, 4.69) is 13.8 Å². The van der Waals surface area contributed by atoms with Crippen LogP contribution >= 0.6 is 0 Å². The minimum atomic E-state index is -3.46. The molecule has 9 heteroatoms. The average molecular weight is 704 g/mol. The van der Waals surface area contributed by atoms with E-state index in [0.717, 1.165) is 44.9 Å². The zero-order chi connectivity index (χ0) is 36.7. The van der Waals surface area contributed by atoms with Gasteiger partial charge in [-0.1, -0.05) is 73.6 Å². The summed E-state index contributed by atoms with van der Waals surface area (Å²) in [4.78, 5) is 70.7. The maximum absolute atomic E-state index is 14.6. The number of carbonyl (C=O) groups excluding carboxylic acids is 5. The molecular formula is C40H65NO7S. The van der Waals surface area contributed by atoms with Gasteiger partial charge in [-0.2, -0.15) is 0 Å². The van der Waals surface area contributed by atoms with E-state index in [1.54, 1.807) is 25.7 Å². The largest absolute Gasteiger partial charge is 0.332 e. The van der Waals surface area contributed by atoms with E-state index in [1.807, 2.05) is 27.7 Å². The van der Waals surface area contributed by atoms with Crippen molar-refractivity contribution >= 4 is 38.9 Å². The third kappa shape index (κ3) is 9.13. The highest BCUT2D eigenvalue weighted by molar-refractivity contribution is 7.92. The van der Waals surface area contributed by atoms with Crippen LogP contribution in [0.15, 0.2) is 0 Å². The van der Waals surface area contributed by atoms with Crippen LogP contribution in [-0.2, 0) is 33.8 Å². The highest BCUT2D eigenvalue weighted by atomic mass is 32.2. The van der Waals surface area contributed by atoms with Crippen molar-refractivity contribution in [1.82, 2.24) is 4.90 Å². The topological polar surface area (TPSA) is 123 Å². The number of hydrogen-bond acceptors (Lipinski definition) is 7. The van der Waals surface area contributed by atoms with E-state index in [1.165, 1.54) is 0 Å². The molecular weight excluding hydrogens is 639 g/mol. The van der Waals surface area contributed by atoms with Crippen LogP contribution < -0.4 is 0 Å². The van der Waals surface area contributed by atoms with Gasteiger partial charge in [-0.3, -0.25) is 24.0 Å². The van der Waals surface area contributed by atoms with Crippen LogP contribution in [-0.4, -0.2) is 65.4 Å². The first-order valence-corrected chi connectivity index (χ1v) is 20.8. The monoisotopic (exact) mass is 703 g/mol.